The van der Waals surface area contributed by atoms with Gasteiger partial charge in [0.25, 0.3) is 5.91 Å². The van der Waals surface area contributed by atoms with Crippen LogP contribution in [0.15, 0.2) is 18.3 Å². The number of hydrogen-bond acceptors (Lipinski definition) is 5. The van der Waals surface area contributed by atoms with E-state index in [1.165, 1.54) is 7.11 Å². The average Bonchev–Trinajstić information content (AvgIpc) is 2.53. The van der Waals surface area contributed by atoms with Crippen molar-refractivity contribution in [3.63, 3.8) is 0 Å². The molecule has 0 aromatic carbocycles. The molecule has 1 aliphatic rings. The van der Waals surface area contributed by atoms with Crippen molar-refractivity contribution in [1.29, 1.82) is 0 Å². The largest absolute Gasteiger partial charge is 0.467 e. The molecular formula is C14H19N3O3. The van der Waals surface area contributed by atoms with Crippen molar-refractivity contribution in [2.24, 2.45) is 5.73 Å². The lowest BCUT2D eigenvalue weighted by Crippen LogP contribution is -2.48. The summed E-state index contributed by atoms with van der Waals surface area (Å²) in [6.07, 6.45) is 4.03. The molecule has 0 aliphatic carbocycles. The van der Waals surface area contributed by atoms with Gasteiger partial charge in [-0.05, 0) is 31.4 Å². The molecule has 1 amide bonds. The summed E-state index contributed by atoms with van der Waals surface area (Å²) < 4.78 is 4.79. The second-order valence-corrected chi connectivity index (χ2v) is 4.77. The van der Waals surface area contributed by atoms with Crippen LogP contribution in [0.1, 0.15) is 35.3 Å². The number of ether oxygens (including phenoxy) is 1. The molecule has 2 N–H and O–H groups in total. The summed E-state index contributed by atoms with van der Waals surface area (Å²) in [7, 11) is 1.35. The van der Waals surface area contributed by atoms with Crippen LogP contribution in [0.5, 0.6) is 0 Å². The number of nitrogens with two attached hydrogens (primary N) is 1. The first-order chi connectivity index (χ1) is 9.67. The van der Waals surface area contributed by atoms with Gasteiger partial charge in [-0.2, -0.15) is 0 Å². The number of aromatic nitrogens is 1. The van der Waals surface area contributed by atoms with Crippen LogP contribution in [0.3, 0.4) is 0 Å². The highest BCUT2D eigenvalue weighted by molar-refractivity contribution is 5.97. The molecular weight excluding hydrogens is 258 g/mol. The predicted octanol–water partition coefficient (Wildman–Crippen LogP) is 0.708. The minimum atomic E-state index is -0.490. The number of hydrogen-bond donors (Lipinski definition) is 1. The van der Waals surface area contributed by atoms with Crippen LogP contribution in [0, 0.1) is 0 Å². The monoisotopic (exact) mass is 277 g/mol. The molecule has 1 aromatic rings. The van der Waals surface area contributed by atoms with E-state index in [1.807, 2.05) is 0 Å². The van der Waals surface area contributed by atoms with Crippen LogP contribution in [0.2, 0.25) is 0 Å². The molecule has 20 heavy (non-hydrogen) atoms. The molecule has 1 atom stereocenters. The first kappa shape index (κ1) is 14.5. The molecule has 108 valence electrons. The van der Waals surface area contributed by atoms with Gasteiger partial charge in [0.2, 0.25) is 0 Å². The van der Waals surface area contributed by atoms with Gasteiger partial charge in [-0.15, -0.1) is 0 Å². The maximum atomic E-state index is 12.5. The van der Waals surface area contributed by atoms with Crippen molar-refractivity contribution in [3.05, 3.63) is 29.6 Å². The third kappa shape index (κ3) is 2.96. The molecule has 2 heterocycles. The fourth-order valence-corrected chi connectivity index (χ4v) is 2.44. The summed E-state index contributed by atoms with van der Waals surface area (Å²) in [4.78, 5) is 30.0. The topological polar surface area (TPSA) is 85.5 Å². The van der Waals surface area contributed by atoms with Crippen LogP contribution in [0.4, 0.5) is 0 Å². The van der Waals surface area contributed by atoms with Crippen LogP contribution < -0.4 is 5.73 Å². The Morgan fingerprint density at radius 2 is 2.30 bits per heavy atom. The van der Waals surface area contributed by atoms with Gasteiger partial charge in [0.05, 0.1) is 12.8 Å². The third-order valence-corrected chi connectivity index (χ3v) is 3.51. The molecule has 1 aliphatic heterocycles. The molecule has 6 heteroatoms. The Bertz CT molecular complexity index is 504. The minimum absolute atomic E-state index is 0.169. The van der Waals surface area contributed by atoms with Crippen molar-refractivity contribution >= 4 is 11.9 Å². The lowest BCUT2D eigenvalue weighted by Gasteiger charge is -2.33. The second-order valence-electron chi connectivity index (χ2n) is 4.77. The summed E-state index contributed by atoms with van der Waals surface area (Å²) in [5.41, 5.74) is 6.70. The predicted molar refractivity (Wildman–Crippen MR) is 72.8 cm³/mol. The SMILES string of the molecule is COC(=O)C1CCCCN1C(=O)c1ccnc(CN)c1. The summed E-state index contributed by atoms with van der Waals surface area (Å²) in [5, 5.41) is 0. The Morgan fingerprint density at radius 3 is 3.00 bits per heavy atom. The second kappa shape index (κ2) is 6.47. The third-order valence-electron chi connectivity index (χ3n) is 3.51. The summed E-state index contributed by atoms with van der Waals surface area (Å²) >= 11 is 0. The van der Waals surface area contributed by atoms with Gasteiger partial charge in [0.1, 0.15) is 6.04 Å². The van der Waals surface area contributed by atoms with Gasteiger partial charge in [0.15, 0.2) is 0 Å². The molecule has 0 radical (unpaired) electrons. The number of methoxy groups -OCH3 is 1. The molecule has 0 spiro atoms. The van der Waals surface area contributed by atoms with Crippen molar-refractivity contribution in [3.8, 4) is 0 Å². The van der Waals surface area contributed by atoms with Gasteiger partial charge in [-0.3, -0.25) is 9.78 Å². The van der Waals surface area contributed by atoms with Crippen LogP contribution >= 0.6 is 0 Å². The maximum absolute atomic E-state index is 12.5. The highest BCUT2D eigenvalue weighted by Gasteiger charge is 2.33. The lowest BCUT2D eigenvalue weighted by molar-refractivity contribution is -0.147. The molecule has 0 saturated carbocycles. The van der Waals surface area contributed by atoms with Gasteiger partial charge in [-0.1, -0.05) is 0 Å². The standard InChI is InChI=1S/C14H19N3O3/c1-20-14(19)12-4-2-3-7-17(12)13(18)10-5-6-16-11(8-10)9-15/h5-6,8,12H,2-4,7,9,15H2,1H3. The van der Waals surface area contributed by atoms with E-state index >= 15 is 0 Å². The number of likely N-dealkylation sites (tertiary alicyclic amines) is 1. The number of pyridine rings is 1. The number of piperidine rings is 1. The quantitative estimate of drug-likeness (QED) is 0.822. The molecule has 6 nitrogen and oxygen atoms in total. The van der Waals surface area contributed by atoms with Crippen LogP contribution in [-0.4, -0.2) is 41.5 Å². The number of rotatable bonds is 3. The number of carbonyl (C=O) groups is 2. The fraction of sp³-hybridized carbons (Fsp3) is 0.500. The van der Waals surface area contributed by atoms with E-state index < -0.39 is 6.04 Å². The van der Waals surface area contributed by atoms with Crippen molar-refractivity contribution < 1.29 is 14.3 Å². The normalized spacial score (nSPS) is 18.7. The molecule has 2 rings (SSSR count). The first-order valence-corrected chi connectivity index (χ1v) is 6.71. The minimum Gasteiger partial charge on any atom is -0.467 e. The zero-order valence-corrected chi connectivity index (χ0v) is 11.5. The Hall–Kier alpha value is -1.95. The molecule has 0 bridgehead atoms. The number of esters is 1. The van der Waals surface area contributed by atoms with E-state index in [0.29, 0.717) is 24.2 Å². The van der Waals surface area contributed by atoms with E-state index in [9.17, 15) is 9.59 Å². The van der Waals surface area contributed by atoms with Crippen molar-refractivity contribution in [1.82, 2.24) is 9.88 Å². The van der Waals surface area contributed by atoms with Gasteiger partial charge < -0.3 is 15.4 Å². The van der Waals surface area contributed by atoms with E-state index in [4.69, 9.17) is 10.5 Å². The van der Waals surface area contributed by atoms with Gasteiger partial charge >= 0.3 is 5.97 Å². The molecule has 1 saturated heterocycles. The summed E-state index contributed by atoms with van der Waals surface area (Å²) in [5.74, 6) is -0.525. The zero-order chi connectivity index (χ0) is 14.5. The molecule has 1 unspecified atom stereocenters. The van der Waals surface area contributed by atoms with Gasteiger partial charge in [-0.25, -0.2) is 4.79 Å². The van der Waals surface area contributed by atoms with Crippen molar-refractivity contribution in [2.45, 2.75) is 31.8 Å². The van der Waals surface area contributed by atoms with E-state index in [0.717, 1.165) is 12.8 Å². The Labute approximate surface area is 117 Å². The van der Waals surface area contributed by atoms with Gasteiger partial charge in [0, 0.05) is 24.8 Å². The number of nitrogens with zero attached hydrogens (tertiary/aromatic N) is 2. The van der Waals surface area contributed by atoms with Crippen LogP contribution in [-0.2, 0) is 16.1 Å². The van der Waals surface area contributed by atoms with E-state index in [2.05, 4.69) is 4.98 Å². The molecule has 1 aromatic heterocycles. The summed E-state index contributed by atoms with van der Waals surface area (Å²) in [6, 6.07) is 2.83. The highest BCUT2D eigenvalue weighted by Crippen LogP contribution is 2.20. The first-order valence-electron chi connectivity index (χ1n) is 6.71. The average molecular weight is 277 g/mol. The zero-order valence-electron chi connectivity index (χ0n) is 11.5. The highest BCUT2D eigenvalue weighted by atomic mass is 16.5. The Morgan fingerprint density at radius 1 is 1.50 bits per heavy atom. The smallest absolute Gasteiger partial charge is 0.328 e. The number of amides is 1. The van der Waals surface area contributed by atoms with E-state index in [-0.39, 0.29) is 18.4 Å². The summed E-state index contributed by atoms with van der Waals surface area (Å²) in [6.45, 7) is 0.848. The maximum Gasteiger partial charge on any atom is 0.328 e. The van der Waals surface area contributed by atoms with Crippen LogP contribution in [0.25, 0.3) is 0 Å². The van der Waals surface area contributed by atoms with Crippen molar-refractivity contribution in [2.75, 3.05) is 13.7 Å². The lowest BCUT2D eigenvalue weighted by atomic mass is 10.0. The Balaban J connectivity index is 2.22. The van der Waals surface area contributed by atoms with E-state index in [1.54, 1.807) is 23.2 Å². The number of carbonyl (C=O) groups excluding carboxylic acids is 2. The fourth-order valence-electron chi connectivity index (χ4n) is 2.44. The Kier molecular flexibility index (Phi) is 4.68. The molecule has 1 fully saturated rings.